The molecular formula is C18H14F4N6. The van der Waals surface area contributed by atoms with E-state index in [4.69, 9.17) is 5.73 Å². The lowest BCUT2D eigenvalue weighted by molar-refractivity contribution is -0.137. The van der Waals surface area contributed by atoms with Crippen LogP contribution < -0.4 is 5.73 Å². The van der Waals surface area contributed by atoms with Crippen molar-refractivity contribution in [3.05, 3.63) is 66.1 Å². The van der Waals surface area contributed by atoms with E-state index in [1.165, 1.54) is 35.2 Å². The number of alkyl halides is 3. The van der Waals surface area contributed by atoms with Gasteiger partial charge in [0.05, 0.1) is 29.8 Å². The zero-order chi connectivity index (χ0) is 19.9. The summed E-state index contributed by atoms with van der Waals surface area (Å²) in [4.78, 5) is 12.5. The minimum absolute atomic E-state index is 0.0604. The van der Waals surface area contributed by atoms with Crippen LogP contribution in [-0.2, 0) is 19.4 Å². The van der Waals surface area contributed by atoms with Gasteiger partial charge in [0.1, 0.15) is 11.5 Å². The van der Waals surface area contributed by atoms with Gasteiger partial charge >= 0.3 is 6.18 Å². The van der Waals surface area contributed by atoms with E-state index >= 15 is 0 Å². The van der Waals surface area contributed by atoms with E-state index in [9.17, 15) is 17.6 Å². The van der Waals surface area contributed by atoms with Gasteiger partial charge in [0, 0.05) is 18.6 Å². The van der Waals surface area contributed by atoms with Crippen LogP contribution >= 0.6 is 0 Å². The molecule has 0 atom stereocenters. The lowest BCUT2D eigenvalue weighted by Crippen LogP contribution is -2.14. The summed E-state index contributed by atoms with van der Waals surface area (Å²) in [6.07, 6.45) is 0.0861. The molecule has 4 rings (SSSR count). The Kier molecular flexibility index (Phi) is 4.34. The monoisotopic (exact) mass is 390 g/mol. The van der Waals surface area contributed by atoms with Crippen LogP contribution in [0.5, 0.6) is 0 Å². The molecule has 144 valence electrons. The number of benzene rings is 1. The van der Waals surface area contributed by atoms with Crippen LogP contribution in [0.15, 0.2) is 48.9 Å². The molecule has 0 bridgehead atoms. The Labute approximate surface area is 156 Å². The molecule has 3 aromatic heterocycles. The quantitative estimate of drug-likeness (QED) is 0.542. The molecule has 2 N–H and O–H groups in total. The first-order valence-corrected chi connectivity index (χ1v) is 8.27. The highest BCUT2D eigenvalue weighted by Gasteiger charge is 2.31. The van der Waals surface area contributed by atoms with E-state index in [1.807, 2.05) is 0 Å². The summed E-state index contributed by atoms with van der Waals surface area (Å²) >= 11 is 0. The van der Waals surface area contributed by atoms with E-state index in [0.29, 0.717) is 11.3 Å². The fourth-order valence-corrected chi connectivity index (χ4v) is 3.03. The summed E-state index contributed by atoms with van der Waals surface area (Å²) in [5.74, 6) is 0.175. The summed E-state index contributed by atoms with van der Waals surface area (Å²) in [5, 5.41) is 0. The molecule has 0 amide bonds. The molecule has 0 spiro atoms. The zero-order valence-corrected chi connectivity index (χ0v) is 14.4. The highest BCUT2D eigenvalue weighted by molar-refractivity contribution is 5.77. The molecule has 0 aliphatic heterocycles. The van der Waals surface area contributed by atoms with Crippen molar-refractivity contribution in [1.29, 1.82) is 0 Å². The molecule has 0 fully saturated rings. The molecule has 10 heteroatoms. The topological polar surface area (TPSA) is 74.5 Å². The van der Waals surface area contributed by atoms with Gasteiger partial charge in [0.25, 0.3) is 0 Å². The minimum atomic E-state index is -4.47. The largest absolute Gasteiger partial charge is 0.416 e. The Morgan fingerprint density at radius 3 is 2.61 bits per heavy atom. The number of imidazole rings is 2. The normalized spacial score (nSPS) is 12.0. The van der Waals surface area contributed by atoms with E-state index in [2.05, 4.69) is 15.0 Å². The van der Waals surface area contributed by atoms with Gasteiger partial charge in [0.15, 0.2) is 11.6 Å². The van der Waals surface area contributed by atoms with Crippen LogP contribution in [0.4, 0.5) is 17.6 Å². The predicted octanol–water partition coefficient (Wildman–Crippen LogP) is 3.42. The van der Waals surface area contributed by atoms with E-state index in [1.54, 1.807) is 10.8 Å². The first kappa shape index (κ1) is 18.1. The number of rotatable bonds is 4. The molecule has 0 saturated carbocycles. The molecule has 0 radical (unpaired) electrons. The molecule has 0 aliphatic carbocycles. The molecular weight excluding hydrogens is 376 g/mol. The van der Waals surface area contributed by atoms with Crippen molar-refractivity contribution in [2.45, 2.75) is 19.4 Å². The number of hydrogen-bond acceptors (Lipinski definition) is 4. The van der Waals surface area contributed by atoms with E-state index in [-0.39, 0.29) is 30.2 Å². The summed E-state index contributed by atoms with van der Waals surface area (Å²) in [5.41, 5.74) is 5.72. The van der Waals surface area contributed by atoms with Crippen molar-refractivity contribution < 1.29 is 17.6 Å². The van der Waals surface area contributed by atoms with Gasteiger partial charge in [-0.1, -0.05) is 0 Å². The molecule has 3 heterocycles. The third kappa shape index (κ3) is 3.11. The second-order valence-corrected chi connectivity index (χ2v) is 6.05. The van der Waals surface area contributed by atoms with Crippen molar-refractivity contribution in [3.63, 3.8) is 0 Å². The molecule has 6 nitrogen and oxygen atoms in total. The van der Waals surface area contributed by atoms with Gasteiger partial charge in [-0.2, -0.15) is 13.2 Å². The Balaban J connectivity index is 1.78. The van der Waals surface area contributed by atoms with Crippen molar-refractivity contribution in [3.8, 4) is 11.5 Å². The third-order valence-electron chi connectivity index (χ3n) is 4.33. The number of nitrogens with two attached hydrogens (primary N) is 1. The van der Waals surface area contributed by atoms with Gasteiger partial charge in [-0.15, -0.1) is 0 Å². The number of hydrogen-bond donors (Lipinski definition) is 1. The summed E-state index contributed by atoms with van der Waals surface area (Å²) in [6.45, 7) is 0.0771. The Morgan fingerprint density at radius 1 is 1.07 bits per heavy atom. The maximum Gasteiger partial charge on any atom is 0.416 e. The second kappa shape index (κ2) is 6.71. The average molecular weight is 390 g/mol. The smallest absolute Gasteiger partial charge is 0.322 e. The number of pyridine rings is 1. The number of aromatic nitrogens is 5. The van der Waals surface area contributed by atoms with Crippen LogP contribution in [0.1, 0.15) is 11.4 Å². The summed E-state index contributed by atoms with van der Waals surface area (Å²) < 4.78 is 56.3. The number of halogens is 4. The minimum Gasteiger partial charge on any atom is -0.322 e. The maximum absolute atomic E-state index is 14.1. The Hall–Kier alpha value is -3.27. The maximum atomic E-state index is 14.1. The van der Waals surface area contributed by atoms with Crippen LogP contribution in [0.3, 0.4) is 0 Å². The average Bonchev–Trinajstić information content (AvgIpc) is 3.24. The highest BCUT2D eigenvalue weighted by atomic mass is 19.4. The van der Waals surface area contributed by atoms with Gasteiger partial charge in [0.2, 0.25) is 0 Å². The van der Waals surface area contributed by atoms with Crippen molar-refractivity contribution in [2.75, 3.05) is 0 Å². The van der Waals surface area contributed by atoms with E-state index < -0.39 is 17.6 Å². The van der Waals surface area contributed by atoms with Crippen molar-refractivity contribution in [1.82, 2.24) is 24.1 Å². The Morgan fingerprint density at radius 2 is 1.89 bits per heavy atom. The van der Waals surface area contributed by atoms with Gasteiger partial charge in [-0.05, 0) is 30.3 Å². The van der Waals surface area contributed by atoms with Crippen LogP contribution in [-0.4, -0.2) is 24.1 Å². The second-order valence-electron chi connectivity index (χ2n) is 6.05. The Bertz CT molecular complexity index is 1140. The molecule has 1 aromatic carbocycles. The van der Waals surface area contributed by atoms with Gasteiger partial charge in [-0.25, -0.2) is 19.3 Å². The molecule has 4 aromatic rings. The van der Waals surface area contributed by atoms with Crippen molar-refractivity contribution in [2.24, 2.45) is 5.73 Å². The first-order chi connectivity index (χ1) is 13.4. The highest BCUT2D eigenvalue weighted by Crippen LogP contribution is 2.31. The molecule has 28 heavy (non-hydrogen) atoms. The summed E-state index contributed by atoms with van der Waals surface area (Å²) in [7, 11) is 0. The van der Waals surface area contributed by atoms with Gasteiger partial charge < -0.3 is 14.9 Å². The van der Waals surface area contributed by atoms with Crippen LogP contribution in [0, 0.1) is 5.82 Å². The lowest BCUT2D eigenvalue weighted by Gasteiger charge is -2.10. The lowest BCUT2D eigenvalue weighted by atomic mass is 10.2. The van der Waals surface area contributed by atoms with Crippen LogP contribution in [0.25, 0.3) is 22.6 Å². The predicted molar refractivity (Wildman–Crippen MR) is 93.4 cm³/mol. The third-order valence-corrected chi connectivity index (χ3v) is 4.33. The van der Waals surface area contributed by atoms with Gasteiger partial charge in [-0.3, -0.25) is 0 Å². The fraction of sp³-hybridized carbons (Fsp3) is 0.167. The number of fused-ring (bicyclic) bond motifs is 1. The molecule has 0 saturated heterocycles. The fourth-order valence-electron chi connectivity index (χ4n) is 3.03. The van der Waals surface area contributed by atoms with Crippen molar-refractivity contribution >= 4 is 11.0 Å². The molecule has 0 aliphatic rings. The first-order valence-electron chi connectivity index (χ1n) is 8.27. The molecule has 0 unspecified atom stereocenters. The van der Waals surface area contributed by atoms with Crippen LogP contribution in [0.2, 0.25) is 0 Å². The standard InChI is InChI=1S/C18H14F4N6/c19-12-2-1-5-24-16(12)17-25-6-7-27(17)9-15-26-13-4-3-11(18(20,21)22)8-14(13)28(15)10-23/h1-8H,9-10,23H2. The zero-order valence-electron chi connectivity index (χ0n) is 14.4. The summed E-state index contributed by atoms with van der Waals surface area (Å²) in [6, 6.07) is 6.05. The number of nitrogens with zero attached hydrogens (tertiary/aromatic N) is 5. The van der Waals surface area contributed by atoms with E-state index in [0.717, 1.165) is 12.1 Å². The SMILES string of the molecule is NCn1c(Cn2ccnc2-c2ncccc2F)nc2ccc(C(F)(F)F)cc21.